The van der Waals surface area contributed by atoms with Crippen LogP contribution in [0.3, 0.4) is 0 Å². The maximum Gasteiger partial charge on any atom is 0.258 e. The van der Waals surface area contributed by atoms with E-state index in [1.807, 2.05) is 6.07 Å². The predicted octanol–water partition coefficient (Wildman–Crippen LogP) is 2.74. The first-order chi connectivity index (χ1) is 14.8. The summed E-state index contributed by atoms with van der Waals surface area (Å²) in [5.74, 6) is 3.26. The summed E-state index contributed by atoms with van der Waals surface area (Å²) in [5.41, 5.74) is -0.554. The van der Waals surface area contributed by atoms with Gasteiger partial charge in [-0.15, -0.1) is 0 Å². The van der Waals surface area contributed by atoms with Crippen LogP contribution in [-0.4, -0.2) is 58.6 Å². The number of likely N-dealkylation sites (tertiary alicyclic amines) is 1. The number of piperidine rings is 1. The molecule has 0 radical (unpaired) electrons. The van der Waals surface area contributed by atoms with Crippen LogP contribution in [0.1, 0.15) is 49.2 Å². The largest absolute Gasteiger partial charge is 0.461 e. The van der Waals surface area contributed by atoms with Gasteiger partial charge < -0.3 is 22.9 Å². The molecule has 2 aliphatic rings. The van der Waals surface area contributed by atoms with E-state index in [0.29, 0.717) is 35.8 Å². The lowest BCUT2D eigenvalue weighted by Crippen LogP contribution is -2.43. The van der Waals surface area contributed by atoms with Crippen molar-refractivity contribution in [3.05, 3.63) is 36.0 Å². The maximum absolute atomic E-state index is 5.91. The van der Waals surface area contributed by atoms with E-state index in [1.54, 1.807) is 19.4 Å². The molecule has 10 nitrogen and oxygen atoms in total. The van der Waals surface area contributed by atoms with Gasteiger partial charge in [-0.25, -0.2) is 0 Å². The Morgan fingerprint density at radius 2 is 1.97 bits per heavy atom. The maximum atomic E-state index is 5.91. The number of methoxy groups -OCH3 is 1. The van der Waals surface area contributed by atoms with E-state index in [1.165, 1.54) is 0 Å². The SMILES string of the molecule is COC1(c2nc(C3CCOCC3)no2)CCN(Cc2nc(-c3ccco3)no2)CC1. The molecule has 0 N–H and O–H groups in total. The second-order valence-corrected chi connectivity index (χ2v) is 7.81. The zero-order valence-electron chi connectivity index (χ0n) is 17.0. The van der Waals surface area contributed by atoms with Crippen molar-refractivity contribution in [2.45, 2.75) is 43.7 Å². The molecule has 3 aromatic rings. The average Bonchev–Trinajstić information content (AvgIpc) is 3.56. The number of furan rings is 1. The summed E-state index contributed by atoms with van der Waals surface area (Å²) in [6.45, 7) is 3.65. The topological polar surface area (TPSA) is 113 Å². The van der Waals surface area contributed by atoms with Crippen molar-refractivity contribution in [3.63, 3.8) is 0 Å². The Kier molecular flexibility index (Phi) is 5.36. The van der Waals surface area contributed by atoms with E-state index in [2.05, 4.69) is 20.2 Å². The van der Waals surface area contributed by atoms with Gasteiger partial charge in [0.15, 0.2) is 11.6 Å². The normalized spacial score (nSPS) is 20.6. The highest BCUT2D eigenvalue weighted by Gasteiger charge is 2.42. The van der Waals surface area contributed by atoms with Gasteiger partial charge in [0.1, 0.15) is 5.60 Å². The zero-order chi connectivity index (χ0) is 20.4. The molecule has 0 saturated carbocycles. The van der Waals surface area contributed by atoms with Gasteiger partial charge in [0.2, 0.25) is 11.7 Å². The summed E-state index contributed by atoms with van der Waals surface area (Å²) < 4.78 is 27.7. The van der Waals surface area contributed by atoms with E-state index in [-0.39, 0.29) is 0 Å². The molecule has 5 rings (SSSR count). The standard InChI is InChI=1S/C20H25N5O5/c1-26-20(19-22-17(23-30-19)14-4-11-27-12-5-14)6-8-25(9-7-20)13-16-21-18(24-29-16)15-3-2-10-28-15/h2-3,10,14H,4-9,11-13H2,1H3. The quantitative estimate of drug-likeness (QED) is 0.595. The molecule has 160 valence electrons. The highest BCUT2D eigenvalue weighted by Crippen LogP contribution is 2.37. The molecular weight excluding hydrogens is 390 g/mol. The van der Waals surface area contributed by atoms with Crippen LogP contribution in [0.15, 0.2) is 31.9 Å². The van der Waals surface area contributed by atoms with Crippen molar-refractivity contribution in [1.29, 1.82) is 0 Å². The van der Waals surface area contributed by atoms with Gasteiger partial charge in [-0.1, -0.05) is 10.3 Å². The third-order valence-corrected chi connectivity index (χ3v) is 6.04. The molecule has 0 spiro atoms. The van der Waals surface area contributed by atoms with E-state index in [9.17, 15) is 0 Å². The van der Waals surface area contributed by atoms with Gasteiger partial charge in [-0.2, -0.15) is 9.97 Å². The Balaban J connectivity index is 1.22. The van der Waals surface area contributed by atoms with Crippen molar-refractivity contribution in [2.24, 2.45) is 0 Å². The first kappa shape index (κ1) is 19.4. The fraction of sp³-hybridized carbons (Fsp3) is 0.600. The van der Waals surface area contributed by atoms with E-state index >= 15 is 0 Å². The summed E-state index contributed by atoms with van der Waals surface area (Å²) in [7, 11) is 1.71. The molecule has 0 aliphatic carbocycles. The minimum atomic E-state index is -0.554. The first-order valence-electron chi connectivity index (χ1n) is 10.3. The fourth-order valence-corrected chi connectivity index (χ4v) is 4.14. The van der Waals surface area contributed by atoms with Gasteiger partial charge in [0, 0.05) is 39.3 Å². The van der Waals surface area contributed by atoms with Crippen molar-refractivity contribution in [3.8, 4) is 11.6 Å². The summed E-state index contributed by atoms with van der Waals surface area (Å²) >= 11 is 0. The molecule has 0 atom stereocenters. The number of nitrogens with zero attached hydrogens (tertiary/aromatic N) is 5. The summed E-state index contributed by atoms with van der Waals surface area (Å²) in [6.07, 6.45) is 4.94. The van der Waals surface area contributed by atoms with Crippen molar-refractivity contribution in [2.75, 3.05) is 33.4 Å². The Morgan fingerprint density at radius 1 is 1.13 bits per heavy atom. The van der Waals surface area contributed by atoms with Crippen LogP contribution in [0, 0.1) is 0 Å². The number of hydrogen-bond donors (Lipinski definition) is 0. The van der Waals surface area contributed by atoms with E-state index < -0.39 is 5.60 Å². The molecular formula is C20H25N5O5. The molecule has 2 fully saturated rings. The molecule has 5 heterocycles. The monoisotopic (exact) mass is 415 g/mol. The summed E-state index contributed by atoms with van der Waals surface area (Å²) in [6, 6.07) is 3.60. The molecule has 30 heavy (non-hydrogen) atoms. The molecule has 10 heteroatoms. The second kappa shape index (κ2) is 8.29. The van der Waals surface area contributed by atoms with Crippen LogP contribution in [0.2, 0.25) is 0 Å². The summed E-state index contributed by atoms with van der Waals surface area (Å²) in [4.78, 5) is 11.4. The highest BCUT2D eigenvalue weighted by molar-refractivity contribution is 5.44. The minimum absolute atomic E-state index is 0.297. The average molecular weight is 415 g/mol. The Bertz CT molecular complexity index is 939. The number of ether oxygens (including phenoxy) is 2. The predicted molar refractivity (Wildman–Crippen MR) is 102 cm³/mol. The smallest absolute Gasteiger partial charge is 0.258 e. The molecule has 0 bridgehead atoms. The Hall–Kier alpha value is -2.56. The van der Waals surface area contributed by atoms with Crippen molar-refractivity contribution in [1.82, 2.24) is 25.2 Å². The number of hydrogen-bond acceptors (Lipinski definition) is 10. The van der Waals surface area contributed by atoms with Crippen LogP contribution in [0.4, 0.5) is 0 Å². The second-order valence-electron chi connectivity index (χ2n) is 7.81. The van der Waals surface area contributed by atoms with Crippen molar-refractivity contribution >= 4 is 0 Å². The molecule has 0 aromatic carbocycles. The molecule has 0 unspecified atom stereocenters. The lowest BCUT2D eigenvalue weighted by Gasteiger charge is -2.37. The first-order valence-corrected chi connectivity index (χ1v) is 10.3. The number of aromatic nitrogens is 4. The van der Waals surface area contributed by atoms with Crippen LogP contribution >= 0.6 is 0 Å². The lowest BCUT2D eigenvalue weighted by atomic mass is 9.90. The van der Waals surface area contributed by atoms with Crippen LogP contribution < -0.4 is 0 Å². The minimum Gasteiger partial charge on any atom is -0.461 e. The summed E-state index contributed by atoms with van der Waals surface area (Å²) in [5, 5.41) is 8.23. The highest BCUT2D eigenvalue weighted by atomic mass is 16.5. The lowest BCUT2D eigenvalue weighted by molar-refractivity contribution is -0.0847. The van der Waals surface area contributed by atoms with Crippen molar-refractivity contribution < 1.29 is 22.9 Å². The van der Waals surface area contributed by atoms with Gasteiger partial charge in [0.25, 0.3) is 5.89 Å². The molecule has 3 aromatic heterocycles. The molecule has 0 amide bonds. The van der Waals surface area contributed by atoms with E-state index in [0.717, 1.165) is 57.8 Å². The van der Waals surface area contributed by atoms with Gasteiger partial charge in [-0.05, 0) is 37.8 Å². The molecule has 2 aliphatic heterocycles. The van der Waals surface area contributed by atoms with Crippen LogP contribution in [0.25, 0.3) is 11.6 Å². The fourth-order valence-electron chi connectivity index (χ4n) is 4.14. The van der Waals surface area contributed by atoms with Gasteiger partial charge in [-0.3, -0.25) is 4.90 Å². The third kappa shape index (κ3) is 3.78. The van der Waals surface area contributed by atoms with Gasteiger partial charge >= 0.3 is 0 Å². The van der Waals surface area contributed by atoms with E-state index in [4.69, 9.17) is 27.9 Å². The zero-order valence-corrected chi connectivity index (χ0v) is 17.0. The van der Waals surface area contributed by atoms with Crippen LogP contribution in [0.5, 0.6) is 0 Å². The van der Waals surface area contributed by atoms with Gasteiger partial charge in [0.05, 0.1) is 12.8 Å². The number of rotatable bonds is 6. The third-order valence-electron chi connectivity index (χ3n) is 6.04. The van der Waals surface area contributed by atoms with Crippen LogP contribution in [-0.2, 0) is 21.6 Å². The molecule has 2 saturated heterocycles. The Morgan fingerprint density at radius 3 is 2.70 bits per heavy atom. The Labute approximate surface area is 173 Å².